The zero-order valence-corrected chi connectivity index (χ0v) is 12.8. The van der Waals surface area contributed by atoms with Crippen molar-refractivity contribution in [1.29, 1.82) is 0 Å². The second-order valence-electron chi connectivity index (χ2n) is 4.74. The first-order valence-corrected chi connectivity index (χ1v) is 6.94. The van der Waals surface area contributed by atoms with Crippen LogP contribution in [0.25, 0.3) is 0 Å². The molecular formula is C17H15NO6. The lowest BCUT2D eigenvalue weighted by Crippen LogP contribution is -2.21. The first kappa shape index (κ1) is 17.0. The molecule has 2 aromatic rings. The smallest absolute Gasteiger partial charge is 0.338 e. The van der Waals surface area contributed by atoms with Crippen molar-refractivity contribution in [2.75, 3.05) is 19.0 Å². The van der Waals surface area contributed by atoms with Gasteiger partial charge in [-0.3, -0.25) is 4.79 Å². The van der Waals surface area contributed by atoms with Crippen molar-refractivity contribution in [1.82, 2.24) is 0 Å². The molecular weight excluding hydrogens is 314 g/mol. The summed E-state index contributed by atoms with van der Waals surface area (Å²) in [5.74, 6) is -1.80. The molecule has 0 spiro atoms. The van der Waals surface area contributed by atoms with Crippen LogP contribution in [-0.2, 0) is 14.3 Å². The van der Waals surface area contributed by atoms with E-state index in [9.17, 15) is 19.5 Å². The number of hydrogen-bond donors (Lipinski definition) is 2. The van der Waals surface area contributed by atoms with Crippen molar-refractivity contribution in [2.45, 2.75) is 0 Å². The largest absolute Gasteiger partial charge is 0.508 e. The molecule has 24 heavy (non-hydrogen) atoms. The number of carbonyl (C=O) groups excluding carboxylic acids is 3. The number of phenolic OH excluding ortho intramolecular Hbond substituents is 1. The first-order chi connectivity index (χ1) is 11.5. The van der Waals surface area contributed by atoms with Crippen LogP contribution in [0.4, 0.5) is 5.69 Å². The van der Waals surface area contributed by atoms with E-state index in [0.717, 1.165) is 0 Å². The lowest BCUT2D eigenvalue weighted by atomic mass is 10.2. The predicted octanol–water partition coefficient (Wildman–Crippen LogP) is 1.97. The third-order valence-corrected chi connectivity index (χ3v) is 3.01. The number of anilines is 1. The Hall–Kier alpha value is -3.35. The standard InChI is InChI=1S/C17H15NO6/c1-23-16(21)11-5-7-13(8-6-11)18-15(20)10-24-17(22)12-3-2-4-14(19)9-12/h2-9,19H,10H2,1H3,(H,18,20). The Labute approximate surface area is 137 Å². The zero-order chi connectivity index (χ0) is 17.5. The highest BCUT2D eigenvalue weighted by Crippen LogP contribution is 2.12. The van der Waals surface area contributed by atoms with Crippen molar-refractivity contribution in [3.63, 3.8) is 0 Å². The predicted molar refractivity (Wildman–Crippen MR) is 84.8 cm³/mol. The van der Waals surface area contributed by atoms with Crippen LogP contribution < -0.4 is 5.32 Å². The Morgan fingerprint density at radius 2 is 1.71 bits per heavy atom. The number of nitrogens with one attached hydrogen (secondary N) is 1. The van der Waals surface area contributed by atoms with Crippen molar-refractivity contribution in [3.8, 4) is 5.75 Å². The Bertz CT molecular complexity index is 754. The first-order valence-electron chi connectivity index (χ1n) is 6.94. The van der Waals surface area contributed by atoms with Gasteiger partial charge in [0.25, 0.3) is 5.91 Å². The van der Waals surface area contributed by atoms with Crippen LogP contribution in [-0.4, -0.2) is 36.7 Å². The summed E-state index contributed by atoms with van der Waals surface area (Å²) in [4.78, 5) is 34.8. The summed E-state index contributed by atoms with van der Waals surface area (Å²) in [7, 11) is 1.28. The third kappa shape index (κ3) is 4.57. The van der Waals surface area contributed by atoms with Crippen LogP contribution in [0.2, 0.25) is 0 Å². The van der Waals surface area contributed by atoms with Gasteiger partial charge in [-0.15, -0.1) is 0 Å². The number of hydrogen-bond acceptors (Lipinski definition) is 6. The third-order valence-electron chi connectivity index (χ3n) is 3.01. The van der Waals surface area contributed by atoms with E-state index >= 15 is 0 Å². The molecule has 0 saturated heterocycles. The number of phenols is 1. The maximum atomic E-state index is 11.8. The van der Waals surface area contributed by atoms with E-state index in [1.165, 1.54) is 55.6 Å². The van der Waals surface area contributed by atoms with E-state index in [2.05, 4.69) is 10.1 Å². The van der Waals surface area contributed by atoms with Gasteiger partial charge in [-0.25, -0.2) is 9.59 Å². The van der Waals surface area contributed by atoms with Gasteiger partial charge < -0.3 is 19.9 Å². The van der Waals surface area contributed by atoms with Gasteiger partial charge in [0.05, 0.1) is 18.2 Å². The maximum absolute atomic E-state index is 11.8. The normalized spacial score (nSPS) is 9.88. The lowest BCUT2D eigenvalue weighted by molar-refractivity contribution is -0.119. The quantitative estimate of drug-likeness (QED) is 0.813. The van der Waals surface area contributed by atoms with E-state index in [4.69, 9.17) is 4.74 Å². The highest BCUT2D eigenvalue weighted by molar-refractivity contribution is 5.96. The Morgan fingerprint density at radius 1 is 1.00 bits per heavy atom. The fourth-order valence-electron chi connectivity index (χ4n) is 1.85. The van der Waals surface area contributed by atoms with Crippen molar-refractivity contribution in [2.24, 2.45) is 0 Å². The lowest BCUT2D eigenvalue weighted by Gasteiger charge is -2.07. The summed E-state index contributed by atoms with van der Waals surface area (Å²) in [6.45, 7) is -0.479. The minimum atomic E-state index is -0.720. The molecule has 0 aliphatic heterocycles. The van der Waals surface area contributed by atoms with Crippen LogP contribution in [0.5, 0.6) is 5.75 Å². The van der Waals surface area contributed by atoms with Gasteiger partial charge in [-0.2, -0.15) is 0 Å². The van der Waals surface area contributed by atoms with E-state index in [-0.39, 0.29) is 11.3 Å². The van der Waals surface area contributed by atoms with Gasteiger partial charge in [0.1, 0.15) is 5.75 Å². The number of methoxy groups -OCH3 is 1. The molecule has 1 amide bonds. The molecule has 124 valence electrons. The molecule has 0 aliphatic carbocycles. The van der Waals surface area contributed by atoms with Crippen molar-refractivity contribution < 1.29 is 29.0 Å². The fraction of sp³-hybridized carbons (Fsp3) is 0.118. The molecule has 2 N–H and O–H groups in total. The summed E-state index contributed by atoms with van der Waals surface area (Å²) in [6.07, 6.45) is 0. The van der Waals surface area contributed by atoms with Crippen molar-refractivity contribution >= 4 is 23.5 Å². The number of carbonyl (C=O) groups is 3. The maximum Gasteiger partial charge on any atom is 0.338 e. The summed E-state index contributed by atoms with van der Waals surface area (Å²) < 4.78 is 9.43. The number of aromatic hydroxyl groups is 1. The molecule has 0 saturated carbocycles. The van der Waals surface area contributed by atoms with Crippen LogP contribution >= 0.6 is 0 Å². The molecule has 0 aromatic heterocycles. The molecule has 0 heterocycles. The minimum absolute atomic E-state index is 0.0698. The summed E-state index contributed by atoms with van der Waals surface area (Å²) >= 11 is 0. The molecule has 0 unspecified atom stereocenters. The molecule has 0 fully saturated rings. The van der Waals surface area contributed by atoms with Crippen molar-refractivity contribution in [3.05, 3.63) is 59.7 Å². The molecule has 0 atom stereocenters. The second kappa shape index (κ2) is 7.77. The molecule has 0 aliphatic rings. The number of rotatable bonds is 5. The van der Waals surface area contributed by atoms with Gasteiger partial charge in [-0.1, -0.05) is 6.07 Å². The minimum Gasteiger partial charge on any atom is -0.508 e. The Kier molecular flexibility index (Phi) is 5.51. The number of benzene rings is 2. The van der Waals surface area contributed by atoms with E-state index < -0.39 is 24.5 Å². The van der Waals surface area contributed by atoms with Crippen LogP contribution in [0.1, 0.15) is 20.7 Å². The Balaban J connectivity index is 1.87. The molecule has 0 radical (unpaired) electrons. The van der Waals surface area contributed by atoms with E-state index in [1.807, 2.05) is 0 Å². The average molecular weight is 329 g/mol. The summed E-state index contributed by atoms with van der Waals surface area (Å²) in [5.41, 5.74) is 0.942. The SMILES string of the molecule is COC(=O)c1ccc(NC(=O)COC(=O)c2cccc(O)c2)cc1. The van der Waals surface area contributed by atoms with E-state index in [0.29, 0.717) is 11.3 Å². The molecule has 7 nitrogen and oxygen atoms in total. The molecule has 0 bridgehead atoms. The van der Waals surface area contributed by atoms with Crippen LogP contribution in [0, 0.1) is 0 Å². The van der Waals surface area contributed by atoms with Gasteiger partial charge in [0, 0.05) is 5.69 Å². The van der Waals surface area contributed by atoms with Gasteiger partial charge in [0.2, 0.25) is 0 Å². The summed E-state index contributed by atoms with van der Waals surface area (Å²) in [5, 5.41) is 11.8. The van der Waals surface area contributed by atoms with E-state index in [1.54, 1.807) is 0 Å². The number of ether oxygens (including phenoxy) is 2. The number of esters is 2. The average Bonchev–Trinajstić information content (AvgIpc) is 2.59. The van der Waals surface area contributed by atoms with Gasteiger partial charge >= 0.3 is 11.9 Å². The zero-order valence-electron chi connectivity index (χ0n) is 12.8. The monoisotopic (exact) mass is 329 g/mol. The highest BCUT2D eigenvalue weighted by Gasteiger charge is 2.11. The fourth-order valence-corrected chi connectivity index (χ4v) is 1.85. The second-order valence-corrected chi connectivity index (χ2v) is 4.74. The summed E-state index contributed by atoms with van der Waals surface area (Å²) in [6, 6.07) is 11.7. The molecule has 2 aromatic carbocycles. The van der Waals surface area contributed by atoms with Gasteiger partial charge in [-0.05, 0) is 42.5 Å². The molecule has 2 rings (SSSR count). The highest BCUT2D eigenvalue weighted by atomic mass is 16.5. The molecule has 7 heteroatoms. The van der Waals surface area contributed by atoms with Crippen LogP contribution in [0.3, 0.4) is 0 Å². The van der Waals surface area contributed by atoms with Crippen LogP contribution in [0.15, 0.2) is 48.5 Å². The topological polar surface area (TPSA) is 102 Å². The number of amides is 1. The Morgan fingerprint density at radius 3 is 2.33 bits per heavy atom. The van der Waals surface area contributed by atoms with Gasteiger partial charge in [0.15, 0.2) is 6.61 Å².